The number of nitrogens with one attached hydrogen (secondary N) is 11. The molecule has 11 amide bonds. The number of aromatic amines is 1. The van der Waals surface area contributed by atoms with Gasteiger partial charge in [0.1, 0.15) is 66.5 Å². The third-order valence-corrected chi connectivity index (χ3v) is 17.6. The fraction of sp³-hybridized carbons (Fsp3) is 0.662. The number of guanidine groups is 2. The number of benzene rings is 1. The number of para-hydroxylation sites is 1. The molecule has 0 saturated carbocycles. The van der Waals surface area contributed by atoms with Crippen molar-refractivity contribution in [2.75, 3.05) is 57.2 Å². The van der Waals surface area contributed by atoms with Gasteiger partial charge in [-0.15, -0.1) is 0 Å². The van der Waals surface area contributed by atoms with Crippen LogP contribution >= 0.6 is 24.4 Å². The molecule has 35 nitrogen and oxygen atoms in total. The number of unbranched alkanes of at least 4 members (excludes halogenated alkanes) is 1. The Bertz CT molecular complexity index is 3170. The van der Waals surface area contributed by atoms with Crippen LogP contribution in [-0.4, -0.2) is 238 Å². The molecule has 0 bridgehead atoms. The number of H-pyrrole nitrogens is 1. The lowest BCUT2D eigenvalue weighted by Gasteiger charge is -2.32. The minimum Gasteiger partial charge on any atom is -0.480 e. The van der Waals surface area contributed by atoms with E-state index in [1.165, 1.54) is 16.7 Å². The molecule has 0 aliphatic carbocycles. The van der Waals surface area contributed by atoms with Gasteiger partial charge in [0, 0.05) is 48.9 Å². The third kappa shape index (κ3) is 29.8. The second-order valence-corrected chi connectivity index (χ2v) is 27.6. The molecule has 1 aliphatic rings. The van der Waals surface area contributed by atoms with E-state index in [9.17, 15) is 72.9 Å². The number of likely N-dealkylation sites (tertiary alicyclic amines) is 1. The predicted octanol–water partition coefficient (Wildman–Crippen LogP) is -4.39. The van der Waals surface area contributed by atoms with Gasteiger partial charge in [-0.1, -0.05) is 59.7 Å². The molecule has 0 spiro atoms. The Labute approximate surface area is 604 Å². The van der Waals surface area contributed by atoms with E-state index < -0.39 is 163 Å². The van der Waals surface area contributed by atoms with Crippen LogP contribution in [0.4, 0.5) is 0 Å². The Kier molecular flexibility index (Phi) is 39.1. The van der Waals surface area contributed by atoms with Crippen LogP contribution in [0, 0.1) is 17.8 Å². The molecule has 3 rings (SSSR count). The summed E-state index contributed by atoms with van der Waals surface area (Å²) < 4.78 is 0. The summed E-state index contributed by atoms with van der Waals surface area (Å²) in [6.45, 7) is 8.74. The zero-order chi connectivity index (χ0) is 76.3. The van der Waals surface area contributed by atoms with E-state index in [-0.39, 0.29) is 120 Å². The Morgan fingerprint density at radius 3 is 1.57 bits per heavy atom. The van der Waals surface area contributed by atoms with Gasteiger partial charge in [0.05, 0.1) is 19.3 Å². The number of carbonyl (C=O) groups excluding carboxylic acids is 11. The van der Waals surface area contributed by atoms with Crippen LogP contribution in [0.2, 0.25) is 0 Å². The number of fused-ring (bicyclic) bond motifs is 1. The molecule has 1 aromatic carbocycles. The fourth-order valence-electron chi connectivity index (χ4n) is 11.1. The van der Waals surface area contributed by atoms with Crippen molar-refractivity contribution in [1.82, 2.24) is 63.1 Å². The van der Waals surface area contributed by atoms with Crippen molar-refractivity contribution >= 4 is 118 Å². The first-order valence-electron chi connectivity index (χ1n) is 34.3. The monoisotopic (exact) mass is 1470 g/mol. The molecule has 572 valence electrons. The number of carboxylic acid groups (broad SMARTS) is 1. The standard InChI is InChI=1S/C65H110N20O15S2/c1-34(2)27-44(78-52(88)39(67)21-26-102-7)56(92)76-43(19-13-24-73-65(70)71)54(90)79-45(29-37-30-74-40-16-9-8-15-38(37)40)57(93)81-47(31-86)58(94)77-42(18-12-23-72-64(68)69)53(89)75-41(17-10-11-22-66)55(91)80-46(28-35(3)4)62(98)85-25-14-20-50(85)60(96)83-49(33-101)59(95)84-51(36(5)6)61(97)82-48(32-87)63(99)100/h8-9,15-16,30,34-36,39,41-51,74,86-87,101H,10-14,17-29,31-33,66-67H2,1-7H3,(H,75,89)(H,76,92)(H,77,94)(H,78,88)(H,79,90)(H,80,91)(H,81,93)(H,82,97)(H,83,96)(H,84,95)(H,99,100)(H4,68,69,72)(H4,70,71,73)/t39-,41+,42+,43+,44+,45+,46+,47+,48+,49+,50+,51+/m1/s1. The molecule has 0 radical (unpaired) electrons. The van der Waals surface area contributed by atoms with Crippen molar-refractivity contribution in [3.8, 4) is 0 Å². The topological polar surface area (TPSA) is 586 Å². The molecule has 37 heteroatoms. The second kappa shape index (κ2) is 45.5. The van der Waals surface area contributed by atoms with Crippen molar-refractivity contribution in [3.63, 3.8) is 0 Å². The molecule has 1 aromatic heterocycles. The minimum atomic E-state index is -1.81. The lowest BCUT2D eigenvalue weighted by atomic mass is 10.0. The number of aliphatic carboxylic acids is 1. The van der Waals surface area contributed by atoms with Crippen molar-refractivity contribution in [2.24, 2.45) is 62.1 Å². The van der Waals surface area contributed by atoms with E-state index >= 15 is 0 Å². The maximum Gasteiger partial charge on any atom is 0.328 e. The predicted molar refractivity (Wildman–Crippen MR) is 389 cm³/mol. The first kappa shape index (κ1) is 87.7. The van der Waals surface area contributed by atoms with Gasteiger partial charge < -0.3 is 113 Å². The van der Waals surface area contributed by atoms with Gasteiger partial charge >= 0.3 is 5.97 Å². The number of aromatic nitrogens is 1. The minimum absolute atomic E-state index is 0.0309. The lowest BCUT2D eigenvalue weighted by molar-refractivity contribution is -0.144. The summed E-state index contributed by atoms with van der Waals surface area (Å²) in [4.78, 5) is 180. The molecule has 2 aromatic rings. The molecule has 2 heterocycles. The van der Waals surface area contributed by atoms with Gasteiger partial charge in [0.2, 0.25) is 65.0 Å². The molecule has 0 unspecified atom stereocenters. The van der Waals surface area contributed by atoms with E-state index in [0.29, 0.717) is 41.5 Å². The highest BCUT2D eigenvalue weighted by atomic mass is 32.2. The first-order chi connectivity index (χ1) is 48.3. The van der Waals surface area contributed by atoms with Crippen LogP contribution in [0.1, 0.15) is 124 Å². The van der Waals surface area contributed by atoms with E-state index in [4.69, 9.17) is 34.4 Å². The summed E-state index contributed by atoms with van der Waals surface area (Å²) in [7, 11) is 0. The lowest BCUT2D eigenvalue weighted by Crippen LogP contribution is -2.61. The number of thioether (sulfide) groups is 1. The van der Waals surface area contributed by atoms with E-state index in [1.54, 1.807) is 58.2 Å². The molecule has 1 aliphatic heterocycles. The number of aliphatic hydroxyl groups excluding tert-OH is 2. The zero-order valence-corrected chi connectivity index (χ0v) is 61.0. The number of carboxylic acids is 1. The number of amides is 11. The van der Waals surface area contributed by atoms with Gasteiger partial charge in [-0.25, -0.2) is 4.79 Å². The first-order valence-corrected chi connectivity index (χ1v) is 36.3. The van der Waals surface area contributed by atoms with Gasteiger partial charge in [0.15, 0.2) is 11.9 Å². The Balaban J connectivity index is 1.98. The second-order valence-electron chi connectivity index (χ2n) is 26.2. The molecule has 12 atom stereocenters. The number of aliphatic hydroxyl groups is 2. The van der Waals surface area contributed by atoms with Crippen molar-refractivity contribution < 1.29 is 72.9 Å². The van der Waals surface area contributed by atoms with Crippen LogP contribution in [0.3, 0.4) is 0 Å². The van der Waals surface area contributed by atoms with Gasteiger partial charge in [-0.3, -0.25) is 62.7 Å². The summed E-state index contributed by atoms with van der Waals surface area (Å²) in [5.74, 6) is -11.8. The van der Waals surface area contributed by atoms with Crippen molar-refractivity contribution in [2.45, 2.75) is 198 Å². The largest absolute Gasteiger partial charge is 0.480 e. The Hall–Kier alpha value is -8.52. The highest BCUT2D eigenvalue weighted by molar-refractivity contribution is 7.98. The number of hydrogen-bond acceptors (Lipinski definition) is 20. The number of carbonyl (C=O) groups is 12. The van der Waals surface area contributed by atoms with E-state index in [1.807, 2.05) is 20.1 Å². The van der Waals surface area contributed by atoms with Crippen LogP contribution in [-0.2, 0) is 64.0 Å². The highest BCUT2D eigenvalue weighted by Crippen LogP contribution is 2.23. The molecule has 1 saturated heterocycles. The third-order valence-electron chi connectivity index (χ3n) is 16.6. The van der Waals surface area contributed by atoms with E-state index in [2.05, 4.69) is 80.8 Å². The van der Waals surface area contributed by atoms with Crippen LogP contribution < -0.4 is 87.6 Å². The number of nitrogens with two attached hydrogens (primary N) is 6. The molecule has 26 N–H and O–H groups in total. The number of hydrogen-bond donors (Lipinski definition) is 21. The average Bonchev–Trinajstić information content (AvgIpc) is 1.71. The maximum absolute atomic E-state index is 14.8. The Morgan fingerprint density at radius 1 is 0.588 bits per heavy atom. The Morgan fingerprint density at radius 2 is 1.06 bits per heavy atom. The summed E-state index contributed by atoms with van der Waals surface area (Å²) >= 11 is 5.75. The number of thiol groups is 1. The summed E-state index contributed by atoms with van der Waals surface area (Å²) in [6, 6.07) is -9.30. The molecule has 102 heavy (non-hydrogen) atoms. The number of rotatable bonds is 47. The normalized spacial score (nSPS) is 16.1. The maximum atomic E-state index is 14.8. The highest BCUT2D eigenvalue weighted by Gasteiger charge is 2.41. The van der Waals surface area contributed by atoms with Gasteiger partial charge in [-0.05, 0) is 125 Å². The molecule has 1 fully saturated rings. The number of aliphatic imine (C=N–C) groups is 2. The van der Waals surface area contributed by atoms with Gasteiger partial charge in [-0.2, -0.15) is 24.4 Å². The summed E-state index contributed by atoms with van der Waals surface area (Å²) in [5.41, 5.74) is 35.6. The van der Waals surface area contributed by atoms with Crippen molar-refractivity contribution in [1.29, 1.82) is 0 Å². The summed E-state index contributed by atoms with van der Waals surface area (Å²) in [6.07, 6.45) is 4.90. The molecular formula is C65H110N20O15S2. The SMILES string of the molecule is CSCC[C@@H](N)C(=O)N[C@@H](CC(C)C)C(=O)N[C@@H](CCCN=C(N)N)C(=O)N[C@@H](Cc1c[nH]c2ccccc12)C(=O)N[C@@H](CO)C(=O)N[C@@H](CCCN=C(N)N)C(=O)N[C@@H](CCCCN)C(=O)N[C@@H](CC(C)C)C(=O)N1CCC[C@H]1C(=O)N[C@@H](CS)C(=O)N[C@H](C(=O)N[C@@H](CO)C(=O)O)C(C)C. The molecular weight excluding hydrogens is 1360 g/mol. The van der Waals surface area contributed by atoms with Crippen molar-refractivity contribution in [3.05, 3.63) is 36.0 Å². The fourth-order valence-corrected chi connectivity index (χ4v) is 11.9. The van der Waals surface area contributed by atoms with Gasteiger partial charge in [0.25, 0.3) is 0 Å². The van der Waals surface area contributed by atoms with E-state index in [0.717, 1.165) is 0 Å². The number of nitrogens with zero attached hydrogens (tertiary/aromatic N) is 3. The van der Waals surface area contributed by atoms with Crippen LogP contribution in [0.15, 0.2) is 40.4 Å². The quantitative estimate of drug-likeness (QED) is 0.0129. The van der Waals surface area contributed by atoms with Crippen LogP contribution in [0.25, 0.3) is 10.9 Å². The smallest absolute Gasteiger partial charge is 0.328 e. The van der Waals surface area contributed by atoms with Crippen LogP contribution in [0.5, 0.6) is 0 Å². The average molecular weight is 1480 g/mol. The summed E-state index contributed by atoms with van der Waals surface area (Å²) in [5, 5.41) is 56.4. The zero-order valence-electron chi connectivity index (χ0n) is 59.3.